The van der Waals surface area contributed by atoms with Crippen molar-refractivity contribution in [2.24, 2.45) is 39.4 Å². The van der Waals surface area contributed by atoms with E-state index in [-0.39, 0.29) is 36.2 Å². The fraction of sp³-hybridized carbons (Fsp3) is 0.750. The third kappa shape index (κ3) is 4.11. The minimum Gasteiger partial charge on any atom is -0.456 e. The number of allylic oxidation sites excluding steroid dienone is 1. The van der Waals surface area contributed by atoms with Gasteiger partial charge in [0.25, 0.3) is 0 Å². The Labute approximate surface area is 237 Å². The lowest BCUT2D eigenvalue weighted by Gasteiger charge is -2.64. The van der Waals surface area contributed by atoms with Gasteiger partial charge in [-0.05, 0) is 68.4 Å². The minimum absolute atomic E-state index is 0.0399. The van der Waals surface area contributed by atoms with E-state index in [4.69, 9.17) is 4.74 Å². The van der Waals surface area contributed by atoms with Gasteiger partial charge in [0, 0.05) is 36.5 Å². The van der Waals surface area contributed by atoms with Crippen LogP contribution >= 0.6 is 0 Å². The molecule has 0 bridgehead atoms. The van der Waals surface area contributed by atoms with Gasteiger partial charge in [-0.15, -0.1) is 0 Å². The smallest absolute Gasteiger partial charge is 0.303 e. The van der Waals surface area contributed by atoms with E-state index >= 15 is 0 Å². The average Bonchev–Trinajstić information content (AvgIpc) is 3.01. The highest BCUT2D eigenvalue weighted by Gasteiger charge is 2.74. The van der Waals surface area contributed by atoms with Crippen LogP contribution in [0.15, 0.2) is 23.8 Å². The van der Waals surface area contributed by atoms with E-state index in [1.807, 2.05) is 27.7 Å². The molecule has 3 N–H and O–H groups in total. The van der Waals surface area contributed by atoms with Crippen molar-refractivity contribution in [1.29, 1.82) is 0 Å². The molecule has 4 aliphatic carbocycles. The molecule has 8 heteroatoms. The maximum atomic E-state index is 14.3. The second-order valence-electron chi connectivity index (χ2n) is 14.8. The van der Waals surface area contributed by atoms with Crippen LogP contribution < -0.4 is 0 Å². The van der Waals surface area contributed by atoms with E-state index in [2.05, 4.69) is 13.0 Å². The summed E-state index contributed by atoms with van der Waals surface area (Å²) in [6.07, 6.45) is 3.50. The lowest BCUT2D eigenvalue weighted by Crippen LogP contribution is -2.65. The predicted octanol–water partition coefficient (Wildman–Crippen LogP) is 3.50. The molecule has 0 aromatic rings. The fourth-order valence-corrected chi connectivity index (χ4v) is 9.35. The molecule has 3 fully saturated rings. The summed E-state index contributed by atoms with van der Waals surface area (Å²) in [7, 11) is 0. The molecule has 4 aliphatic rings. The fourth-order valence-electron chi connectivity index (χ4n) is 9.35. The summed E-state index contributed by atoms with van der Waals surface area (Å²) in [5, 5.41) is 33.9. The number of carbonyl (C=O) groups is 4. The minimum atomic E-state index is -1.99. The molecule has 8 nitrogen and oxygen atoms in total. The van der Waals surface area contributed by atoms with Crippen LogP contribution in [0.4, 0.5) is 0 Å². The zero-order valence-electron chi connectivity index (χ0n) is 25.3. The Morgan fingerprint density at radius 1 is 1.05 bits per heavy atom. The summed E-state index contributed by atoms with van der Waals surface area (Å²) >= 11 is 0. The van der Waals surface area contributed by atoms with Crippen LogP contribution in [0.5, 0.6) is 0 Å². The van der Waals surface area contributed by atoms with Gasteiger partial charge in [-0.1, -0.05) is 46.3 Å². The molecular weight excluding hydrogens is 512 g/mol. The molecule has 0 aliphatic heterocycles. The number of rotatable bonds is 5. The number of hydrogen-bond donors (Lipinski definition) is 3. The van der Waals surface area contributed by atoms with Gasteiger partial charge < -0.3 is 20.1 Å². The maximum Gasteiger partial charge on any atom is 0.303 e. The van der Waals surface area contributed by atoms with Gasteiger partial charge in [0.15, 0.2) is 11.6 Å². The Balaban J connectivity index is 1.75. The van der Waals surface area contributed by atoms with Crippen molar-refractivity contribution in [2.75, 3.05) is 0 Å². The monoisotopic (exact) mass is 558 g/mol. The van der Waals surface area contributed by atoms with E-state index < -0.39 is 62.7 Å². The van der Waals surface area contributed by atoms with Gasteiger partial charge in [-0.25, -0.2) is 0 Å². The van der Waals surface area contributed by atoms with Crippen LogP contribution in [0.25, 0.3) is 0 Å². The Morgan fingerprint density at radius 3 is 2.23 bits per heavy atom. The molecule has 4 rings (SSSR count). The summed E-state index contributed by atoms with van der Waals surface area (Å²) in [5.41, 5.74) is -5.33. The van der Waals surface area contributed by atoms with Gasteiger partial charge in [0.1, 0.15) is 23.1 Å². The number of hydrogen-bond acceptors (Lipinski definition) is 8. The molecule has 3 saturated carbocycles. The van der Waals surface area contributed by atoms with Crippen LogP contribution in [0.2, 0.25) is 0 Å². The van der Waals surface area contributed by atoms with E-state index in [1.165, 1.54) is 26.0 Å². The second kappa shape index (κ2) is 9.17. The number of carbonyl (C=O) groups excluding carboxylic acids is 4. The summed E-state index contributed by atoms with van der Waals surface area (Å²) < 4.78 is 5.23. The molecule has 40 heavy (non-hydrogen) atoms. The number of fused-ring (bicyclic) bond motifs is 5. The van der Waals surface area contributed by atoms with E-state index in [1.54, 1.807) is 13.8 Å². The average molecular weight is 559 g/mol. The molecule has 0 spiro atoms. The number of aliphatic hydroxyl groups excluding tert-OH is 2. The third-order valence-corrected chi connectivity index (χ3v) is 11.6. The topological polar surface area (TPSA) is 138 Å². The van der Waals surface area contributed by atoms with E-state index in [0.29, 0.717) is 12.8 Å². The molecule has 0 unspecified atom stereocenters. The van der Waals surface area contributed by atoms with Crippen molar-refractivity contribution < 1.29 is 39.2 Å². The molecular formula is C32H46O8. The molecule has 0 aromatic carbocycles. The van der Waals surface area contributed by atoms with Gasteiger partial charge in [0.05, 0.1) is 6.10 Å². The van der Waals surface area contributed by atoms with Crippen molar-refractivity contribution in [2.45, 2.75) is 111 Å². The van der Waals surface area contributed by atoms with Crippen molar-refractivity contribution in [3.05, 3.63) is 23.8 Å². The van der Waals surface area contributed by atoms with Gasteiger partial charge in [0.2, 0.25) is 0 Å². The zero-order chi connectivity index (χ0) is 30.4. The lowest BCUT2D eigenvalue weighted by atomic mass is 9.38. The van der Waals surface area contributed by atoms with Crippen LogP contribution in [0.1, 0.15) is 88.0 Å². The highest BCUT2D eigenvalue weighted by Crippen LogP contribution is 2.74. The Morgan fingerprint density at radius 2 is 1.65 bits per heavy atom. The predicted molar refractivity (Wildman–Crippen MR) is 148 cm³/mol. The highest BCUT2D eigenvalue weighted by molar-refractivity contribution is 5.97. The Kier molecular flexibility index (Phi) is 7.06. The number of esters is 1. The first-order valence-electron chi connectivity index (χ1n) is 14.4. The summed E-state index contributed by atoms with van der Waals surface area (Å²) in [5.74, 6) is -2.96. The number of aliphatic hydroxyl groups is 3. The van der Waals surface area contributed by atoms with E-state index in [9.17, 15) is 34.5 Å². The lowest BCUT2D eigenvalue weighted by molar-refractivity contribution is -0.183. The second-order valence-corrected chi connectivity index (χ2v) is 14.8. The standard InChI is InChI=1S/C32H46O8/c1-17(33)40-27(2,3)13-12-23(36)32(9,39)25-21(35)15-29(6)22-11-10-18-19(14-20(34)26(38)28(18,4)5)31(22,8)24(37)16-30(25,29)7/h10,12-13,19,21-22,25-26,35,38-39H,11,14-16H2,1-9H3/b13-12+/t19-,21-,22+,25+,26+,29+,30-,31+,32+/m0/s1. The first kappa shape index (κ1) is 30.8. The van der Waals surface area contributed by atoms with Crippen molar-refractivity contribution >= 4 is 23.3 Å². The SMILES string of the molecule is CC(=O)OC(C)(C)/C=C/C(=O)[C@@](C)(O)[C@@H]1[C@@H](O)C[C@]2(C)[C@H]3CC=C4[C@H](CC(=O)[C@@H](O)C4(C)C)[C@@]3(C)C(=O)C[C@@]12C. The first-order chi connectivity index (χ1) is 18.1. The molecule has 0 radical (unpaired) electrons. The maximum absolute atomic E-state index is 14.3. The van der Waals surface area contributed by atoms with Gasteiger partial charge in [-0.2, -0.15) is 0 Å². The molecule has 0 heterocycles. The van der Waals surface area contributed by atoms with Crippen molar-refractivity contribution in [3.63, 3.8) is 0 Å². The van der Waals surface area contributed by atoms with Crippen molar-refractivity contribution in [1.82, 2.24) is 0 Å². The summed E-state index contributed by atoms with van der Waals surface area (Å²) in [4.78, 5) is 52.1. The molecule has 0 amide bonds. The van der Waals surface area contributed by atoms with E-state index in [0.717, 1.165) is 5.57 Å². The Hall–Kier alpha value is -2.16. The van der Waals surface area contributed by atoms with Gasteiger partial charge >= 0.3 is 5.97 Å². The quantitative estimate of drug-likeness (QED) is 0.265. The molecule has 222 valence electrons. The number of ether oxygens (including phenoxy) is 1. The zero-order valence-corrected chi connectivity index (χ0v) is 25.3. The van der Waals surface area contributed by atoms with Crippen LogP contribution in [-0.4, -0.2) is 62.0 Å². The van der Waals surface area contributed by atoms with Crippen LogP contribution in [0.3, 0.4) is 0 Å². The third-order valence-electron chi connectivity index (χ3n) is 11.6. The van der Waals surface area contributed by atoms with Crippen LogP contribution in [-0.2, 0) is 23.9 Å². The summed E-state index contributed by atoms with van der Waals surface area (Å²) in [6, 6.07) is 0. The largest absolute Gasteiger partial charge is 0.456 e. The van der Waals surface area contributed by atoms with Crippen LogP contribution in [0, 0.1) is 39.4 Å². The number of ketones is 3. The molecule has 0 aromatic heterocycles. The normalized spacial score (nSPS) is 42.4. The summed E-state index contributed by atoms with van der Waals surface area (Å²) in [6.45, 7) is 15.5. The van der Waals surface area contributed by atoms with Gasteiger partial charge in [-0.3, -0.25) is 19.2 Å². The molecule has 0 saturated heterocycles. The highest BCUT2D eigenvalue weighted by atomic mass is 16.6. The van der Waals surface area contributed by atoms with Crippen molar-refractivity contribution in [3.8, 4) is 0 Å². The molecule has 9 atom stereocenters. The Bertz CT molecular complexity index is 1210. The first-order valence-corrected chi connectivity index (χ1v) is 14.4. The number of Topliss-reactive ketones (excluding diaryl/α,β-unsaturated/α-hetero) is 2.